The average molecular weight is 225 g/mol. The first-order chi connectivity index (χ1) is 7.80. The van der Waals surface area contributed by atoms with Crippen molar-refractivity contribution in [3.8, 4) is 0 Å². The Morgan fingerprint density at radius 3 is 2.62 bits per heavy atom. The lowest BCUT2D eigenvalue weighted by molar-refractivity contribution is 0.134. The Bertz CT molecular complexity index is 244. The molecule has 3 nitrogen and oxygen atoms in total. The van der Waals surface area contributed by atoms with Gasteiger partial charge in [0, 0.05) is 13.7 Å². The maximum atomic E-state index is 5.69. The second-order valence-corrected chi connectivity index (χ2v) is 3.85. The molecule has 92 valence electrons. The Morgan fingerprint density at radius 1 is 1.38 bits per heavy atom. The van der Waals surface area contributed by atoms with Crippen LogP contribution < -0.4 is 0 Å². The molecule has 0 fully saturated rings. The molecule has 1 aliphatic carbocycles. The zero-order valence-corrected chi connectivity index (χ0v) is 10.6. The standard InChI is InChI=1S/C13H23NO2/c1-4-14(5-2)10-11-16-13-8-6-12(15-3)7-9-13/h6,8-9,12H,4-5,7,10-11H2,1-3H3. The van der Waals surface area contributed by atoms with Gasteiger partial charge in [0.15, 0.2) is 0 Å². The smallest absolute Gasteiger partial charge is 0.115 e. The van der Waals surface area contributed by atoms with Crippen molar-refractivity contribution in [2.75, 3.05) is 33.4 Å². The van der Waals surface area contributed by atoms with E-state index in [1.165, 1.54) is 0 Å². The molecule has 1 unspecified atom stereocenters. The maximum Gasteiger partial charge on any atom is 0.115 e. The van der Waals surface area contributed by atoms with Crippen LogP contribution in [0, 0.1) is 0 Å². The molecule has 0 N–H and O–H groups in total. The molecule has 0 saturated carbocycles. The van der Waals surface area contributed by atoms with Crippen LogP contribution in [0.25, 0.3) is 0 Å². The summed E-state index contributed by atoms with van der Waals surface area (Å²) in [5.41, 5.74) is 0. The summed E-state index contributed by atoms with van der Waals surface area (Å²) in [6.45, 7) is 8.27. The summed E-state index contributed by atoms with van der Waals surface area (Å²) in [4.78, 5) is 2.35. The first kappa shape index (κ1) is 13.3. The molecule has 0 heterocycles. The monoisotopic (exact) mass is 225 g/mol. The molecule has 0 radical (unpaired) electrons. The van der Waals surface area contributed by atoms with Crippen LogP contribution in [0.1, 0.15) is 20.3 Å². The van der Waals surface area contributed by atoms with Gasteiger partial charge in [-0.2, -0.15) is 0 Å². The fourth-order valence-electron chi connectivity index (χ4n) is 1.70. The number of hydrogen-bond acceptors (Lipinski definition) is 3. The normalized spacial score (nSPS) is 20.0. The van der Waals surface area contributed by atoms with Crippen molar-refractivity contribution in [2.45, 2.75) is 26.4 Å². The van der Waals surface area contributed by atoms with Crippen LogP contribution in [0.2, 0.25) is 0 Å². The van der Waals surface area contributed by atoms with Crippen molar-refractivity contribution in [3.63, 3.8) is 0 Å². The summed E-state index contributed by atoms with van der Waals surface area (Å²) in [5.74, 6) is 0.973. The molecule has 0 aromatic carbocycles. The van der Waals surface area contributed by atoms with Gasteiger partial charge in [-0.15, -0.1) is 0 Å². The first-order valence-electron chi connectivity index (χ1n) is 6.06. The maximum absolute atomic E-state index is 5.69. The number of hydrogen-bond donors (Lipinski definition) is 0. The highest BCUT2D eigenvalue weighted by atomic mass is 16.5. The van der Waals surface area contributed by atoms with Crippen molar-refractivity contribution in [3.05, 3.63) is 24.0 Å². The zero-order valence-electron chi connectivity index (χ0n) is 10.6. The van der Waals surface area contributed by atoms with E-state index < -0.39 is 0 Å². The summed E-state index contributed by atoms with van der Waals surface area (Å²) < 4.78 is 10.9. The van der Waals surface area contributed by atoms with Crippen LogP contribution in [0.4, 0.5) is 0 Å². The molecule has 0 aliphatic heterocycles. The topological polar surface area (TPSA) is 21.7 Å². The van der Waals surface area contributed by atoms with Crippen molar-refractivity contribution in [1.82, 2.24) is 4.90 Å². The molecule has 1 aliphatic rings. The Labute approximate surface area is 98.7 Å². The van der Waals surface area contributed by atoms with Gasteiger partial charge in [0.2, 0.25) is 0 Å². The van der Waals surface area contributed by atoms with E-state index in [4.69, 9.17) is 9.47 Å². The summed E-state index contributed by atoms with van der Waals surface area (Å²) in [7, 11) is 1.73. The minimum atomic E-state index is 0.218. The van der Waals surface area contributed by atoms with E-state index in [-0.39, 0.29) is 6.10 Å². The van der Waals surface area contributed by atoms with Crippen LogP contribution in [-0.2, 0) is 9.47 Å². The molecular formula is C13H23NO2. The van der Waals surface area contributed by atoms with Crippen LogP contribution in [0.3, 0.4) is 0 Å². The third kappa shape index (κ3) is 4.37. The molecule has 3 heteroatoms. The molecule has 1 atom stereocenters. The number of methoxy groups -OCH3 is 1. The lowest BCUT2D eigenvalue weighted by Gasteiger charge is -2.19. The Kier molecular flexibility index (Phi) is 6.19. The van der Waals surface area contributed by atoms with Gasteiger partial charge < -0.3 is 14.4 Å². The molecule has 0 saturated heterocycles. The molecule has 0 bridgehead atoms. The average Bonchev–Trinajstić information content (AvgIpc) is 2.35. The van der Waals surface area contributed by atoms with E-state index in [9.17, 15) is 0 Å². The lowest BCUT2D eigenvalue weighted by atomic mass is 10.1. The number of nitrogens with zero attached hydrogens (tertiary/aromatic N) is 1. The van der Waals surface area contributed by atoms with Crippen LogP contribution in [0.5, 0.6) is 0 Å². The van der Waals surface area contributed by atoms with Crippen molar-refractivity contribution >= 4 is 0 Å². The summed E-state index contributed by atoms with van der Waals surface area (Å²) in [6, 6.07) is 0. The highest BCUT2D eigenvalue weighted by Crippen LogP contribution is 2.13. The highest BCUT2D eigenvalue weighted by molar-refractivity contribution is 5.19. The van der Waals surface area contributed by atoms with E-state index in [1.807, 2.05) is 12.2 Å². The van der Waals surface area contributed by atoms with Gasteiger partial charge in [-0.05, 0) is 31.7 Å². The molecule has 1 rings (SSSR count). The third-order valence-electron chi connectivity index (χ3n) is 2.90. The summed E-state index contributed by atoms with van der Waals surface area (Å²) >= 11 is 0. The number of ether oxygens (including phenoxy) is 2. The number of likely N-dealkylation sites (N-methyl/N-ethyl adjacent to an activating group) is 1. The van der Waals surface area contributed by atoms with E-state index in [0.717, 1.165) is 38.4 Å². The predicted molar refractivity (Wildman–Crippen MR) is 66.4 cm³/mol. The quantitative estimate of drug-likeness (QED) is 0.663. The highest BCUT2D eigenvalue weighted by Gasteiger charge is 2.07. The van der Waals surface area contributed by atoms with Gasteiger partial charge in [-0.3, -0.25) is 0 Å². The predicted octanol–water partition coefficient (Wildman–Crippen LogP) is 2.20. The minimum Gasteiger partial charge on any atom is -0.493 e. The van der Waals surface area contributed by atoms with Gasteiger partial charge in [-0.1, -0.05) is 19.9 Å². The summed E-state index contributed by atoms with van der Waals surface area (Å²) in [5, 5.41) is 0. The molecule has 0 aromatic rings. The Hall–Kier alpha value is -0.800. The first-order valence-corrected chi connectivity index (χ1v) is 6.06. The van der Waals surface area contributed by atoms with Crippen LogP contribution in [-0.4, -0.2) is 44.4 Å². The van der Waals surface area contributed by atoms with Crippen LogP contribution >= 0.6 is 0 Å². The Morgan fingerprint density at radius 2 is 2.12 bits per heavy atom. The number of allylic oxidation sites excluding steroid dienone is 1. The van der Waals surface area contributed by atoms with Gasteiger partial charge in [0.25, 0.3) is 0 Å². The fourth-order valence-corrected chi connectivity index (χ4v) is 1.70. The molecule has 0 aromatic heterocycles. The third-order valence-corrected chi connectivity index (χ3v) is 2.90. The Balaban J connectivity index is 2.19. The summed E-state index contributed by atoms with van der Waals surface area (Å²) in [6.07, 6.45) is 7.27. The van der Waals surface area contributed by atoms with Gasteiger partial charge >= 0.3 is 0 Å². The second-order valence-electron chi connectivity index (χ2n) is 3.85. The zero-order chi connectivity index (χ0) is 11.8. The second kappa shape index (κ2) is 7.47. The van der Waals surface area contributed by atoms with Gasteiger partial charge in [0.1, 0.15) is 12.4 Å². The molecule has 0 spiro atoms. The fraction of sp³-hybridized carbons (Fsp3) is 0.692. The number of rotatable bonds is 7. The van der Waals surface area contributed by atoms with Crippen molar-refractivity contribution < 1.29 is 9.47 Å². The molecule has 16 heavy (non-hydrogen) atoms. The van der Waals surface area contributed by atoms with E-state index in [0.29, 0.717) is 0 Å². The van der Waals surface area contributed by atoms with Gasteiger partial charge in [-0.25, -0.2) is 0 Å². The van der Waals surface area contributed by atoms with E-state index in [2.05, 4.69) is 24.8 Å². The van der Waals surface area contributed by atoms with E-state index in [1.54, 1.807) is 7.11 Å². The molecular weight excluding hydrogens is 202 g/mol. The van der Waals surface area contributed by atoms with Crippen molar-refractivity contribution in [2.24, 2.45) is 0 Å². The SMILES string of the molecule is CCN(CC)CCOC1=CCC(OC)C=C1. The van der Waals surface area contributed by atoms with Crippen molar-refractivity contribution in [1.29, 1.82) is 0 Å². The lowest BCUT2D eigenvalue weighted by Crippen LogP contribution is -2.27. The van der Waals surface area contributed by atoms with E-state index >= 15 is 0 Å². The largest absolute Gasteiger partial charge is 0.493 e. The molecule has 0 amide bonds. The minimum absolute atomic E-state index is 0.218. The van der Waals surface area contributed by atoms with Gasteiger partial charge in [0.05, 0.1) is 6.10 Å². The van der Waals surface area contributed by atoms with Crippen LogP contribution in [0.15, 0.2) is 24.0 Å².